The summed E-state index contributed by atoms with van der Waals surface area (Å²) in [5.41, 5.74) is 3.76. The number of aromatic nitrogens is 2. The first-order valence-electron chi connectivity index (χ1n) is 15.5. The first kappa shape index (κ1) is 31.2. The molecule has 1 fully saturated rings. The molecule has 13 heteroatoms. The van der Waals surface area contributed by atoms with E-state index in [1.807, 2.05) is 36.1 Å². The quantitative estimate of drug-likeness (QED) is 0.377. The van der Waals surface area contributed by atoms with Crippen LogP contribution in [0.1, 0.15) is 49.3 Å². The Morgan fingerprint density at radius 3 is 2.60 bits per heavy atom. The zero-order valence-corrected chi connectivity index (χ0v) is 25.8. The van der Waals surface area contributed by atoms with E-state index in [4.69, 9.17) is 11.6 Å². The lowest BCUT2D eigenvalue weighted by Crippen LogP contribution is -2.50. The van der Waals surface area contributed by atoms with Crippen LogP contribution in [0.2, 0.25) is 5.02 Å². The number of rotatable bonds is 6. The average molecular weight is 645 g/mol. The van der Waals surface area contributed by atoms with Crippen LogP contribution in [0, 0.1) is 5.92 Å². The van der Waals surface area contributed by atoms with E-state index >= 15 is 0 Å². The van der Waals surface area contributed by atoms with Gasteiger partial charge in [-0.3, -0.25) is 14.3 Å². The van der Waals surface area contributed by atoms with E-state index < -0.39 is 24.5 Å². The van der Waals surface area contributed by atoms with E-state index in [0.29, 0.717) is 66.1 Å². The molecule has 0 saturated carbocycles. The van der Waals surface area contributed by atoms with Crippen LogP contribution in [-0.4, -0.2) is 80.7 Å². The summed E-state index contributed by atoms with van der Waals surface area (Å²) < 4.78 is 42.7. The zero-order valence-electron chi connectivity index (χ0n) is 25.1. The van der Waals surface area contributed by atoms with Gasteiger partial charge in [0.2, 0.25) is 11.8 Å². The Bertz CT molecular complexity index is 1620. The molecular formula is C32H36ClF3N6O3. The van der Waals surface area contributed by atoms with Crippen LogP contribution in [0.25, 0.3) is 10.9 Å². The number of urea groups is 1. The van der Waals surface area contributed by atoms with E-state index in [-0.39, 0.29) is 37.4 Å². The number of piperidine rings is 1. The fraction of sp³-hybridized carbons (Fsp3) is 0.500. The van der Waals surface area contributed by atoms with E-state index in [0.717, 1.165) is 29.0 Å². The van der Waals surface area contributed by atoms with Crippen molar-refractivity contribution >= 4 is 46.0 Å². The van der Waals surface area contributed by atoms with Crippen LogP contribution in [0.4, 0.5) is 23.7 Å². The molecule has 3 aliphatic rings. The molecule has 0 bridgehead atoms. The van der Waals surface area contributed by atoms with Gasteiger partial charge in [-0.05, 0) is 60.9 Å². The van der Waals surface area contributed by atoms with Gasteiger partial charge >= 0.3 is 12.2 Å². The molecule has 3 aliphatic heterocycles. The number of nitrogens with one attached hydrogen (secondary N) is 1. The summed E-state index contributed by atoms with van der Waals surface area (Å²) in [5.74, 6) is -1.94. The number of halogens is 4. The second kappa shape index (κ2) is 12.5. The Balaban J connectivity index is 1.17. The van der Waals surface area contributed by atoms with Crippen molar-refractivity contribution in [3.05, 3.63) is 58.2 Å². The minimum atomic E-state index is -4.60. The molecule has 0 aliphatic carbocycles. The summed E-state index contributed by atoms with van der Waals surface area (Å²) in [4.78, 5) is 44.4. The third-order valence-electron chi connectivity index (χ3n) is 9.18. The molecule has 1 aromatic heterocycles. The van der Waals surface area contributed by atoms with E-state index in [1.165, 1.54) is 0 Å². The molecule has 1 N–H and O–H groups in total. The third-order valence-corrected chi connectivity index (χ3v) is 9.47. The highest BCUT2D eigenvalue weighted by molar-refractivity contribution is 6.35. The number of para-hydroxylation sites is 1. The van der Waals surface area contributed by atoms with Gasteiger partial charge in [0.05, 0.1) is 22.7 Å². The van der Waals surface area contributed by atoms with Crippen LogP contribution in [-0.2, 0) is 35.5 Å². The summed E-state index contributed by atoms with van der Waals surface area (Å²) in [6.45, 7) is 2.30. The molecule has 4 heterocycles. The standard InChI is InChI=1S/C32H36ClF3N6O3/c1-2-10-42-29-24(17-37-42)25-18-40(19-32(34,35)36)30(44)22(14-21(25)15-26(29)33)16-28(43)39-11-8-23(9-12-39)41-13-7-20-5-3-4-6-27(20)38-31(41)45/h3-6,15,17,22-23H,2,7-14,16,18-19H2,1H3,(H,38,45). The van der Waals surface area contributed by atoms with Crippen LogP contribution in [0.5, 0.6) is 0 Å². The number of hydrogen-bond donors (Lipinski definition) is 1. The lowest BCUT2D eigenvalue weighted by molar-refractivity contribution is -0.165. The highest BCUT2D eigenvalue weighted by atomic mass is 35.5. The Hall–Kier alpha value is -3.80. The Morgan fingerprint density at radius 1 is 1.11 bits per heavy atom. The third kappa shape index (κ3) is 6.47. The monoisotopic (exact) mass is 644 g/mol. The van der Waals surface area contributed by atoms with Gasteiger partial charge in [0, 0.05) is 56.3 Å². The van der Waals surface area contributed by atoms with Crippen molar-refractivity contribution in [3.63, 3.8) is 0 Å². The zero-order chi connectivity index (χ0) is 31.9. The molecule has 1 atom stereocenters. The molecule has 240 valence electrons. The predicted molar refractivity (Wildman–Crippen MR) is 164 cm³/mol. The molecule has 1 saturated heterocycles. The number of anilines is 1. The molecular weight excluding hydrogens is 609 g/mol. The van der Waals surface area contributed by atoms with Crippen molar-refractivity contribution in [2.24, 2.45) is 5.92 Å². The number of aryl methyl sites for hydroxylation is 1. The number of carbonyl (C=O) groups is 3. The number of alkyl halides is 3. The SMILES string of the molecule is CCCn1ncc2c3c(cc(Cl)c21)CC(CC(=O)N1CCC(N2CCc4ccccc4NC2=O)CC1)C(=O)N(CC(F)(F)F)C3. The highest BCUT2D eigenvalue weighted by Crippen LogP contribution is 2.36. The first-order valence-corrected chi connectivity index (χ1v) is 15.8. The van der Waals surface area contributed by atoms with Crippen LogP contribution in [0.3, 0.4) is 0 Å². The van der Waals surface area contributed by atoms with Gasteiger partial charge < -0.3 is 20.0 Å². The van der Waals surface area contributed by atoms with Gasteiger partial charge in [-0.2, -0.15) is 18.3 Å². The predicted octanol–water partition coefficient (Wildman–Crippen LogP) is 5.63. The fourth-order valence-corrected chi connectivity index (χ4v) is 7.32. The van der Waals surface area contributed by atoms with Gasteiger partial charge in [0.1, 0.15) is 6.54 Å². The molecule has 0 spiro atoms. The summed E-state index contributed by atoms with van der Waals surface area (Å²) >= 11 is 6.66. The van der Waals surface area contributed by atoms with Crippen molar-refractivity contribution in [2.45, 2.75) is 70.8 Å². The number of benzene rings is 2. The number of hydrogen-bond acceptors (Lipinski definition) is 4. The number of carbonyl (C=O) groups excluding carboxylic acids is 3. The van der Waals surface area contributed by atoms with E-state index in [9.17, 15) is 27.6 Å². The maximum Gasteiger partial charge on any atom is 0.406 e. The Kier molecular flexibility index (Phi) is 8.69. The second-order valence-corrected chi connectivity index (χ2v) is 12.6. The summed E-state index contributed by atoms with van der Waals surface area (Å²) in [7, 11) is 0. The topological polar surface area (TPSA) is 90.8 Å². The Morgan fingerprint density at radius 2 is 1.87 bits per heavy atom. The largest absolute Gasteiger partial charge is 0.406 e. The van der Waals surface area contributed by atoms with Crippen LogP contribution in [0.15, 0.2) is 36.5 Å². The number of likely N-dealkylation sites (tertiary alicyclic amines) is 1. The van der Waals surface area contributed by atoms with Crippen molar-refractivity contribution in [1.29, 1.82) is 0 Å². The molecule has 2 aromatic carbocycles. The normalized spacial score (nSPS) is 19.7. The molecule has 3 aromatic rings. The van der Waals surface area contributed by atoms with Gasteiger partial charge in [-0.15, -0.1) is 0 Å². The molecule has 45 heavy (non-hydrogen) atoms. The average Bonchev–Trinajstić information content (AvgIpc) is 3.28. The maximum absolute atomic E-state index is 13.7. The van der Waals surface area contributed by atoms with Gasteiger partial charge in [-0.25, -0.2) is 4.79 Å². The van der Waals surface area contributed by atoms with Crippen molar-refractivity contribution in [1.82, 2.24) is 24.5 Å². The Labute approximate surface area is 264 Å². The summed E-state index contributed by atoms with van der Waals surface area (Å²) in [6.07, 6.45) is -0.429. The molecule has 0 radical (unpaired) electrons. The van der Waals surface area contributed by atoms with Gasteiger partial charge in [0.15, 0.2) is 0 Å². The molecule has 4 amide bonds. The summed E-state index contributed by atoms with van der Waals surface area (Å²) in [6, 6.07) is 9.22. The lowest BCUT2D eigenvalue weighted by Gasteiger charge is -2.38. The number of fused-ring (bicyclic) bond motifs is 4. The van der Waals surface area contributed by atoms with E-state index in [2.05, 4.69) is 10.4 Å². The van der Waals surface area contributed by atoms with Crippen molar-refractivity contribution < 1.29 is 27.6 Å². The smallest absolute Gasteiger partial charge is 0.343 e. The van der Waals surface area contributed by atoms with Crippen LogP contribution >= 0.6 is 11.6 Å². The molecule has 1 unspecified atom stereocenters. The highest BCUT2D eigenvalue weighted by Gasteiger charge is 2.40. The lowest BCUT2D eigenvalue weighted by atomic mass is 9.92. The number of nitrogens with zero attached hydrogens (tertiary/aromatic N) is 5. The van der Waals surface area contributed by atoms with Crippen molar-refractivity contribution in [3.8, 4) is 0 Å². The molecule has 6 rings (SSSR count). The second-order valence-electron chi connectivity index (χ2n) is 12.2. The maximum atomic E-state index is 13.7. The van der Waals surface area contributed by atoms with Crippen molar-refractivity contribution in [2.75, 3.05) is 31.5 Å². The van der Waals surface area contributed by atoms with Gasteiger partial charge in [-0.1, -0.05) is 36.7 Å². The number of amides is 4. The van der Waals surface area contributed by atoms with Crippen LogP contribution < -0.4 is 5.32 Å². The molecule has 9 nitrogen and oxygen atoms in total. The summed E-state index contributed by atoms with van der Waals surface area (Å²) in [5, 5.41) is 8.44. The minimum Gasteiger partial charge on any atom is -0.343 e. The van der Waals surface area contributed by atoms with Gasteiger partial charge in [0.25, 0.3) is 0 Å². The fourth-order valence-electron chi connectivity index (χ4n) is 6.98. The minimum absolute atomic E-state index is 0.0461. The van der Waals surface area contributed by atoms with E-state index in [1.54, 1.807) is 21.8 Å². The first-order chi connectivity index (χ1) is 21.5.